The monoisotopic (exact) mass is 1700 g/mol. The second kappa shape index (κ2) is 48.8. The van der Waals surface area contributed by atoms with Crippen LogP contribution in [0.2, 0.25) is 0 Å². The van der Waals surface area contributed by atoms with Gasteiger partial charge in [0.05, 0.1) is 53.0 Å². The molecule has 1 aliphatic carbocycles. The molecule has 0 spiro atoms. The third-order valence-electron chi connectivity index (χ3n) is 20.2. The average Bonchev–Trinajstić information content (AvgIpc) is 1.58. The number of carboxylic acid groups (broad SMARTS) is 3. The molecule has 0 bridgehead atoms. The molecule has 3 saturated heterocycles. The Kier molecular flexibility index (Phi) is 39.0. The molecule has 1 saturated carbocycles. The second-order valence-electron chi connectivity index (χ2n) is 28.4. The summed E-state index contributed by atoms with van der Waals surface area (Å²) in [6.45, 7) is 14.4. The first-order valence-corrected chi connectivity index (χ1v) is 39.5. The third kappa shape index (κ3) is 27.2. The van der Waals surface area contributed by atoms with Crippen LogP contribution in [0, 0.1) is 5.92 Å². The van der Waals surface area contributed by atoms with E-state index in [1.807, 2.05) is 219 Å². The van der Waals surface area contributed by atoms with Crippen molar-refractivity contribution >= 4 is 69.8 Å². The molecule has 3 N–H and O–H groups in total. The minimum atomic E-state index is -1.25. The molecule has 13 rings (SSSR count). The molecule has 3 amide bonds. The summed E-state index contributed by atoms with van der Waals surface area (Å²) >= 11 is 0. The molecule has 9 aromatic carbocycles. The predicted octanol–water partition coefficient (Wildman–Crippen LogP) is 19.4. The van der Waals surface area contributed by atoms with Crippen LogP contribution in [0.5, 0.6) is 0 Å². The number of nitrogens with zero attached hydrogens (tertiary/aromatic N) is 9. The van der Waals surface area contributed by atoms with Crippen LogP contribution in [0.4, 0.5) is 17.1 Å². The number of benzene rings is 9. The standard InChI is InChI=1S/C32H35N3O3.C31H31N3O3.C27H27N3O3.C6H12.3Ni/c1-2-3-6-20-28(32(37)38)33-30(25-16-9-5-10-17-25)26-18-11-12-19-27(26)34-31(36)29-21-13-22-35(29)23-24-14-7-4-8-15-24;1-2-24-20-31(24,30(36)37)33-28(23-14-7-4-8-15-23)25-16-9-10-17-26(25)32-29(35)27-18-11-19-34(27)21-22-12-5-3-6-13-22;31-25(32)18-28-26(21-12-5-2-6-13-21)22-14-7-8-15-23(22)29-27(33)24-16-9-17-30(24)19-20-10-3-1-4-11-20;1-3-5-6-4-2;;;/h3-12,14-19,28-29H,2,13,20-23H2,1H3,(H2,33,34,36,37,38);2-10,12-17,24,27H,1,11,18-21H2,(H2,32,33,35,36,37);1-8,10-15,24H,9,16-19H2,(H2,28,29,31,32,33);5-6H,3-4H2,1-2H3;;;/p-3/b6-3+;;;6-5+;;;/t28?,29-;24?,27-,31+;24-;;;;/m000..../s1. The molecule has 2 unspecified atom stereocenters. The Morgan fingerprint density at radius 2 is 0.752 bits per heavy atom. The van der Waals surface area contributed by atoms with E-state index in [1.54, 1.807) is 24.3 Å². The second-order valence-corrected chi connectivity index (χ2v) is 28.4. The van der Waals surface area contributed by atoms with Crippen molar-refractivity contribution in [1.82, 2.24) is 14.7 Å². The van der Waals surface area contributed by atoms with E-state index in [2.05, 4.69) is 105 Å². The molecule has 4 fully saturated rings. The Morgan fingerprint density at radius 1 is 0.436 bits per heavy atom. The van der Waals surface area contributed by atoms with Gasteiger partial charge in [-0.1, -0.05) is 306 Å². The van der Waals surface area contributed by atoms with Crippen LogP contribution in [-0.2, 0) is 97.9 Å². The van der Waals surface area contributed by atoms with Crippen molar-refractivity contribution in [3.63, 3.8) is 0 Å². The molecular formula is C96H102N9Ni3O9-3. The molecule has 3 aliphatic heterocycles. The normalized spacial score (nSPS) is 18.1. The van der Waals surface area contributed by atoms with Gasteiger partial charge in [-0.05, 0) is 124 Å². The number of hydrogen-bond acceptors (Lipinski definition) is 12. The van der Waals surface area contributed by atoms with Crippen molar-refractivity contribution in [1.29, 1.82) is 0 Å². The van der Waals surface area contributed by atoms with Crippen LogP contribution in [0.25, 0.3) is 16.0 Å². The van der Waals surface area contributed by atoms with Gasteiger partial charge in [-0.2, -0.15) is 0 Å². The topological polar surface area (TPSA) is 252 Å². The van der Waals surface area contributed by atoms with Gasteiger partial charge >= 0.3 is 17.9 Å². The molecule has 18 nitrogen and oxygen atoms in total. The smallest absolute Gasteiger partial charge is 0.332 e. The summed E-state index contributed by atoms with van der Waals surface area (Å²) in [6, 6.07) is 79.0. The van der Waals surface area contributed by atoms with Crippen molar-refractivity contribution in [3.8, 4) is 0 Å². The number of carbonyl (C=O) groups is 6. The molecule has 0 aromatic heterocycles. The van der Waals surface area contributed by atoms with Gasteiger partial charge in [0.25, 0.3) is 0 Å². The molecule has 0 radical (unpaired) electrons. The Bertz CT molecular complexity index is 4800. The maximum absolute atomic E-state index is 13.5. The van der Waals surface area contributed by atoms with Gasteiger partial charge in [0.1, 0.15) is 6.54 Å². The van der Waals surface area contributed by atoms with Crippen LogP contribution < -0.4 is 0 Å². The average molecular weight is 1700 g/mol. The van der Waals surface area contributed by atoms with Crippen LogP contribution in [0.3, 0.4) is 0 Å². The molecular weight excluding hydrogens is 1600 g/mol. The van der Waals surface area contributed by atoms with Crippen LogP contribution >= 0.6 is 0 Å². The summed E-state index contributed by atoms with van der Waals surface area (Å²) in [5.74, 6) is -3.76. The predicted molar refractivity (Wildman–Crippen MR) is 456 cm³/mol. The Hall–Kier alpha value is -10.6. The molecule has 117 heavy (non-hydrogen) atoms. The molecule has 618 valence electrons. The van der Waals surface area contributed by atoms with E-state index in [-0.39, 0.29) is 104 Å². The summed E-state index contributed by atoms with van der Waals surface area (Å²) in [4.78, 5) is 96.1. The number of amides is 3. The molecule has 21 heteroatoms. The zero-order chi connectivity index (χ0) is 80.4. The van der Waals surface area contributed by atoms with Gasteiger partial charge < -0.3 is 45.7 Å². The Balaban J connectivity index is 0.000000231. The van der Waals surface area contributed by atoms with Crippen molar-refractivity contribution < 1.29 is 93.6 Å². The van der Waals surface area contributed by atoms with Gasteiger partial charge in [-0.3, -0.25) is 34.5 Å². The first kappa shape index (κ1) is 93.6. The number of likely N-dealkylation sites (tertiary alicyclic amines) is 3. The maximum atomic E-state index is 13.5. The van der Waals surface area contributed by atoms with Crippen LogP contribution in [-0.4, -0.2) is 139 Å². The fourth-order valence-corrected chi connectivity index (χ4v) is 14.3. The van der Waals surface area contributed by atoms with E-state index in [1.165, 1.54) is 29.5 Å². The molecule has 3 heterocycles. The van der Waals surface area contributed by atoms with Gasteiger partial charge in [0.15, 0.2) is 11.6 Å². The van der Waals surface area contributed by atoms with Crippen molar-refractivity contribution in [3.05, 3.63) is 358 Å². The molecule has 4 aliphatic rings. The number of para-hydroxylation sites is 3. The number of carboxylic acids is 3. The summed E-state index contributed by atoms with van der Waals surface area (Å²) in [5.41, 5.74) is 9.57. The number of aliphatic carboxylic acids is 3. The maximum Gasteiger partial charge on any atom is 0.332 e. The number of carbonyl (C=O) groups excluding carboxylic acids is 3. The fraction of sp³-hybridized carbons (Fsp3) is 0.281. The van der Waals surface area contributed by atoms with Crippen molar-refractivity contribution in [2.24, 2.45) is 20.9 Å². The van der Waals surface area contributed by atoms with Gasteiger partial charge in [0.2, 0.25) is 0 Å². The largest absolute Gasteiger partial charge is 0.625 e. The number of allylic oxidation sites excluding steroid dienone is 3. The summed E-state index contributed by atoms with van der Waals surface area (Å²) in [5, 5.41) is 42.8. The third-order valence-corrected chi connectivity index (χ3v) is 20.2. The molecule has 9 aromatic rings. The van der Waals surface area contributed by atoms with Crippen LogP contribution in [0.1, 0.15) is 141 Å². The Morgan fingerprint density at radius 3 is 1.09 bits per heavy atom. The summed E-state index contributed by atoms with van der Waals surface area (Å²) in [7, 11) is 0. The van der Waals surface area contributed by atoms with Gasteiger partial charge in [-0.15, -0.1) is 23.6 Å². The zero-order valence-electron chi connectivity index (χ0n) is 66.2. The van der Waals surface area contributed by atoms with E-state index in [0.717, 1.165) is 81.3 Å². The molecule has 6 atom stereocenters. The minimum Gasteiger partial charge on any atom is -0.625 e. The quantitative estimate of drug-likeness (QED) is 0.0216. The van der Waals surface area contributed by atoms with Crippen molar-refractivity contribution in [2.75, 3.05) is 26.2 Å². The van der Waals surface area contributed by atoms with Crippen LogP contribution in [0.15, 0.2) is 307 Å². The first-order chi connectivity index (χ1) is 55.6. The first-order valence-electron chi connectivity index (χ1n) is 39.5. The fourth-order valence-electron chi connectivity index (χ4n) is 14.3. The SMILES string of the molecule is C=CC1C[C@]1(N=C(c1ccccc1)c1ccccc1[N-]C(=O)[C@@H]1CCCN1Cc1ccccc1)C(=O)O.CC/C=C/CC.CC/C=C/CC(N=C(c1ccccc1)c1ccccc1[N-]C(=O)[C@@H]1CCCN1Cc1ccccc1)C(=O)O.O=C(O)CN=C(c1ccccc1)c1ccccc1[N-]C(=O)[C@@H]1CCCN1Cc1ccccc1.[Ni].[Ni].[Ni]. The van der Waals surface area contributed by atoms with E-state index in [9.17, 15) is 44.1 Å². The number of hydrogen-bond donors (Lipinski definition) is 3. The summed E-state index contributed by atoms with van der Waals surface area (Å²) in [6.07, 6.45) is 18.8. The Labute approximate surface area is 718 Å². The van der Waals surface area contributed by atoms with Gasteiger partial charge in [-0.25, -0.2) is 9.59 Å². The van der Waals surface area contributed by atoms with E-state index >= 15 is 0 Å². The number of rotatable bonds is 30. The van der Waals surface area contributed by atoms with Gasteiger partial charge in [0, 0.05) is 91.7 Å². The van der Waals surface area contributed by atoms with E-state index in [4.69, 9.17) is 9.98 Å². The number of aliphatic imine (C=N–C) groups is 3. The van der Waals surface area contributed by atoms with E-state index < -0.39 is 29.5 Å². The summed E-state index contributed by atoms with van der Waals surface area (Å²) < 4.78 is 0. The van der Waals surface area contributed by atoms with Crippen molar-refractivity contribution in [2.45, 2.75) is 141 Å². The minimum absolute atomic E-state index is 0. The zero-order valence-corrected chi connectivity index (χ0v) is 69.2. The van der Waals surface area contributed by atoms with E-state index in [0.29, 0.717) is 76.9 Å².